The first-order valence-electron chi connectivity index (χ1n) is 8.40. The molecule has 8 heteroatoms. The number of carbonyl (C=O) groups excluding carboxylic acids is 1. The lowest BCUT2D eigenvalue weighted by Gasteiger charge is -2.47. The third-order valence-corrected chi connectivity index (χ3v) is 4.32. The van der Waals surface area contributed by atoms with E-state index in [0.29, 0.717) is 38.0 Å². The number of nitrogens with zero attached hydrogens (tertiary/aromatic N) is 5. The van der Waals surface area contributed by atoms with Crippen LogP contribution in [-0.4, -0.2) is 76.7 Å². The monoisotopic (exact) mass is 339 g/mol. The van der Waals surface area contributed by atoms with Gasteiger partial charge in [0.15, 0.2) is 5.82 Å². The van der Waals surface area contributed by atoms with Crippen LogP contribution in [0.3, 0.4) is 0 Å². The molecule has 1 saturated heterocycles. The Balaban J connectivity index is 2.00. The van der Waals surface area contributed by atoms with Crippen LogP contribution in [0, 0.1) is 0 Å². The fourth-order valence-corrected chi connectivity index (χ4v) is 2.91. The minimum Gasteiger partial charge on any atom is -0.371 e. The zero-order valence-electron chi connectivity index (χ0n) is 15.6. The highest BCUT2D eigenvalue weighted by atomic mass is 16.5. The van der Waals surface area contributed by atoms with Gasteiger partial charge in [0.1, 0.15) is 6.10 Å². The standard InChI is InChI=1S/C16H29N5O3/c1-7-23-12(2)14-17-13(24-18-14)10-21-9-8-20(11-16(21,3)4)15(22)19(5)6/h12H,7-11H2,1-6H3/t12-/m1/s1. The smallest absolute Gasteiger partial charge is 0.319 e. The summed E-state index contributed by atoms with van der Waals surface area (Å²) < 4.78 is 10.9. The zero-order valence-corrected chi connectivity index (χ0v) is 15.6. The Morgan fingerprint density at radius 3 is 2.71 bits per heavy atom. The molecule has 0 radical (unpaired) electrons. The number of amides is 2. The largest absolute Gasteiger partial charge is 0.371 e. The first kappa shape index (κ1) is 18.7. The Morgan fingerprint density at radius 1 is 1.42 bits per heavy atom. The van der Waals surface area contributed by atoms with Crippen LogP contribution >= 0.6 is 0 Å². The molecule has 1 fully saturated rings. The quantitative estimate of drug-likeness (QED) is 0.813. The van der Waals surface area contributed by atoms with Gasteiger partial charge in [-0.25, -0.2) is 4.79 Å². The normalized spacial score (nSPS) is 19.3. The van der Waals surface area contributed by atoms with Gasteiger partial charge in [0.05, 0.1) is 6.54 Å². The molecular weight excluding hydrogens is 310 g/mol. The average molecular weight is 339 g/mol. The van der Waals surface area contributed by atoms with E-state index in [4.69, 9.17) is 9.26 Å². The second kappa shape index (κ2) is 7.48. The predicted molar refractivity (Wildman–Crippen MR) is 89.5 cm³/mol. The van der Waals surface area contributed by atoms with Crippen molar-refractivity contribution >= 4 is 6.03 Å². The molecule has 0 N–H and O–H groups in total. The van der Waals surface area contributed by atoms with Crippen LogP contribution in [0.15, 0.2) is 4.52 Å². The lowest BCUT2D eigenvalue weighted by atomic mass is 9.99. The van der Waals surface area contributed by atoms with Crippen molar-refractivity contribution < 1.29 is 14.1 Å². The number of rotatable bonds is 5. The Hall–Kier alpha value is -1.67. The molecule has 0 aromatic carbocycles. The van der Waals surface area contributed by atoms with E-state index in [9.17, 15) is 4.79 Å². The van der Waals surface area contributed by atoms with Crippen LogP contribution in [0.1, 0.15) is 45.5 Å². The summed E-state index contributed by atoms with van der Waals surface area (Å²) in [7, 11) is 3.56. The van der Waals surface area contributed by atoms with Gasteiger partial charge >= 0.3 is 6.03 Å². The fraction of sp³-hybridized carbons (Fsp3) is 0.812. The predicted octanol–water partition coefficient (Wildman–Crippen LogP) is 1.74. The molecule has 8 nitrogen and oxygen atoms in total. The van der Waals surface area contributed by atoms with E-state index in [1.54, 1.807) is 19.0 Å². The number of urea groups is 1. The van der Waals surface area contributed by atoms with Crippen LogP contribution in [0.5, 0.6) is 0 Å². The summed E-state index contributed by atoms with van der Waals surface area (Å²) in [5.41, 5.74) is -0.163. The molecule has 2 amide bonds. The topological polar surface area (TPSA) is 74.9 Å². The van der Waals surface area contributed by atoms with Crippen molar-refractivity contribution in [2.45, 2.75) is 45.9 Å². The molecule has 1 atom stereocenters. The van der Waals surface area contributed by atoms with Gasteiger partial charge in [-0.1, -0.05) is 5.16 Å². The maximum Gasteiger partial charge on any atom is 0.319 e. The highest BCUT2D eigenvalue weighted by molar-refractivity contribution is 5.74. The van der Waals surface area contributed by atoms with Crippen LogP contribution in [0.25, 0.3) is 0 Å². The van der Waals surface area contributed by atoms with E-state index in [1.807, 2.05) is 18.7 Å². The molecule has 136 valence electrons. The Bertz CT molecular complexity index is 558. The number of hydrogen-bond donors (Lipinski definition) is 0. The lowest BCUT2D eigenvalue weighted by Crippen LogP contribution is -2.61. The van der Waals surface area contributed by atoms with E-state index >= 15 is 0 Å². The summed E-state index contributed by atoms with van der Waals surface area (Å²) in [6, 6.07) is 0.0494. The summed E-state index contributed by atoms with van der Waals surface area (Å²) >= 11 is 0. The van der Waals surface area contributed by atoms with Crippen molar-refractivity contribution in [1.29, 1.82) is 0 Å². The average Bonchev–Trinajstić information content (AvgIpc) is 2.97. The highest BCUT2D eigenvalue weighted by Crippen LogP contribution is 2.24. The van der Waals surface area contributed by atoms with Crippen LogP contribution in [0.4, 0.5) is 4.79 Å². The molecule has 1 aliphatic heterocycles. The van der Waals surface area contributed by atoms with Crippen molar-refractivity contribution in [3.8, 4) is 0 Å². The molecule has 1 aromatic heterocycles. The van der Waals surface area contributed by atoms with Gasteiger partial charge < -0.3 is 19.1 Å². The summed E-state index contributed by atoms with van der Waals surface area (Å²) in [4.78, 5) is 22.4. The van der Waals surface area contributed by atoms with Crippen LogP contribution in [-0.2, 0) is 11.3 Å². The van der Waals surface area contributed by atoms with Gasteiger partial charge in [-0.15, -0.1) is 0 Å². The van der Waals surface area contributed by atoms with E-state index in [1.165, 1.54) is 0 Å². The number of aromatic nitrogens is 2. The van der Waals surface area contributed by atoms with E-state index in [2.05, 4.69) is 28.9 Å². The van der Waals surface area contributed by atoms with Crippen LogP contribution in [0.2, 0.25) is 0 Å². The molecular formula is C16H29N5O3. The SMILES string of the molecule is CCO[C@H](C)c1noc(CN2CCN(C(=O)N(C)C)CC2(C)C)n1. The van der Waals surface area contributed by atoms with Gasteiger partial charge in [-0.2, -0.15) is 4.98 Å². The van der Waals surface area contributed by atoms with Crippen molar-refractivity contribution in [3.05, 3.63) is 11.7 Å². The lowest BCUT2D eigenvalue weighted by molar-refractivity contribution is 0.0180. The third-order valence-electron chi connectivity index (χ3n) is 4.32. The van der Waals surface area contributed by atoms with E-state index in [-0.39, 0.29) is 17.7 Å². The fourth-order valence-electron chi connectivity index (χ4n) is 2.91. The molecule has 0 unspecified atom stereocenters. The van der Waals surface area contributed by atoms with E-state index < -0.39 is 0 Å². The minimum atomic E-state index is -0.171. The second-order valence-electron chi connectivity index (χ2n) is 6.98. The highest BCUT2D eigenvalue weighted by Gasteiger charge is 2.36. The molecule has 0 bridgehead atoms. The van der Waals surface area contributed by atoms with Gasteiger partial charge in [0.25, 0.3) is 0 Å². The number of ether oxygens (including phenoxy) is 1. The molecule has 2 rings (SSSR count). The van der Waals surface area contributed by atoms with Crippen molar-refractivity contribution in [1.82, 2.24) is 24.8 Å². The first-order valence-corrected chi connectivity index (χ1v) is 8.40. The Morgan fingerprint density at radius 2 is 2.12 bits per heavy atom. The van der Waals surface area contributed by atoms with E-state index in [0.717, 1.165) is 6.54 Å². The summed E-state index contributed by atoms with van der Waals surface area (Å²) in [6.45, 7) is 11.4. The second-order valence-corrected chi connectivity index (χ2v) is 6.98. The Kier molecular flexibility index (Phi) is 5.82. The minimum absolute atomic E-state index is 0.0494. The zero-order chi connectivity index (χ0) is 17.9. The Labute approximate surface area is 143 Å². The molecule has 24 heavy (non-hydrogen) atoms. The maximum absolute atomic E-state index is 12.2. The van der Waals surface area contributed by atoms with Gasteiger partial charge in [-0.05, 0) is 27.7 Å². The van der Waals surface area contributed by atoms with Crippen molar-refractivity contribution in [2.24, 2.45) is 0 Å². The molecule has 1 aromatic rings. The van der Waals surface area contributed by atoms with Gasteiger partial charge in [0.2, 0.25) is 5.89 Å². The van der Waals surface area contributed by atoms with Gasteiger partial charge in [-0.3, -0.25) is 4.90 Å². The summed E-state index contributed by atoms with van der Waals surface area (Å²) in [6.07, 6.45) is -0.171. The first-order chi connectivity index (χ1) is 11.2. The summed E-state index contributed by atoms with van der Waals surface area (Å²) in [5, 5.41) is 4.01. The van der Waals surface area contributed by atoms with Crippen molar-refractivity contribution in [2.75, 3.05) is 40.3 Å². The molecule has 0 aliphatic carbocycles. The molecule has 0 saturated carbocycles. The van der Waals surface area contributed by atoms with Crippen molar-refractivity contribution in [3.63, 3.8) is 0 Å². The molecule has 2 heterocycles. The van der Waals surface area contributed by atoms with Gasteiger partial charge in [0, 0.05) is 45.9 Å². The summed E-state index contributed by atoms with van der Waals surface area (Å²) in [5.74, 6) is 1.16. The van der Waals surface area contributed by atoms with Crippen LogP contribution < -0.4 is 0 Å². The maximum atomic E-state index is 12.2. The molecule has 0 spiro atoms. The third kappa shape index (κ3) is 4.24. The number of piperazine rings is 1. The molecule has 1 aliphatic rings. The number of carbonyl (C=O) groups is 1. The number of hydrogen-bond acceptors (Lipinski definition) is 6.